The zero-order valence-electron chi connectivity index (χ0n) is 10.2. The van der Waals surface area contributed by atoms with Crippen molar-refractivity contribution in [2.75, 3.05) is 13.1 Å². The van der Waals surface area contributed by atoms with Gasteiger partial charge in [0.05, 0.1) is 5.69 Å². The molecule has 1 aromatic carbocycles. The van der Waals surface area contributed by atoms with E-state index in [9.17, 15) is 0 Å². The number of aryl methyl sites for hydroxylation is 1. The van der Waals surface area contributed by atoms with Crippen LogP contribution in [0.4, 0.5) is 0 Å². The van der Waals surface area contributed by atoms with E-state index in [4.69, 9.17) is 4.52 Å². The van der Waals surface area contributed by atoms with Crippen molar-refractivity contribution in [2.24, 2.45) is 0 Å². The molecule has 3 nitrogen and oxygen atoms in total. The highest BCUT2D eigenvalue weighted by Gasteiger charge is 2.21. The Morgan fingerprint density at radius 1 is 1.35 bits per heavy atom. The number of hydrogen-bond donors (Lipinski definition) is 1. The quantitative estimate of drug-likeness (QED) is 0.862. The predicted molar refractivity (Wildman–Crippen MR) is 68.2 cm³/mol. The van der Waals surface area contributed by atoms with Gasteiger partial charge in [-0.1, -0.05) is 18.1 Å². The fraction of sp³-hybridized carbons (Fsp3) is 0.500. The van der Waals surface area contributed by atoms with Gasteiger partial charge in [0.2, 0.25) is 0 Å². The highest BCUT2D eigenvalue weighted by Crippen LogP contribution is 2.31. The Labute approximate surface area is 101 Å². The molecule has 3 rings (SSSR count). The van der Waals surface area contributed by atoms with Gasteiger partial charge in [-0.15, -0.1) is 0 Å². The number of nitrogens with zero attached hydrogens (tertiary/aromatic N) is 1. The molecule has 2 aromatic rings. The van der Waals surface area contributed by atoms with E-state index in [1.165, 1.54) is 10.9 Å². The van der Waals surface area contributed by atoms with E-state index >= 15 is 0 Å². The van der Waals surface area contributed by atoms with Crippen LogP contribution in [0.15, 0.2) is 22.7 Å². The summed E-state index contributed by atoms with van der Waals surface area (Å²) in [6, 6.07) is 6.41. The number of fused-ring (bicyclic) bond motifs is 1. The number of aromatic nitrogens is 1. The summed E-state index contributed by atoms with van der Waals surface area (Å²) in [5, 5.41) is 8.90. The Hall–Kier alpha value is -1.35. The molecule has 1 fully saturated rings. The van der Waals surface area contributed by atoms with Crippen molar-refractivity contribution < 1.29 is 4.52 Å². The number of benzene rings is 1. The van der Waals surface area contributed by atoms with Gasteiger partial charge in [0, 0.05) is 11.3 Å². The molecule has 2 heterocycles. The summed E-state index contributed by atoms with van der Waals surface area (Å²) in [6.45, 7) is 4.36. The molecule has 0 bridgehead atoms. The van der Waals surface area contributed by atoms with Gasteiger partial charge < -0.3 is 9.84 Å². The van der Waals surface area contributed by atoms with Crippen LogP contribution in [0.1, 0.15) is 36.9 Å². The standard InChI is InChI=1S/C14H18N2O/c1-2-10-3-4-13-12(9-10)14(16-17-13)11-5-7-15-8-6-11/h3-4,9,11,15H,2,5-8H2,1H3. The van der Waals surface area contributed by atoms with Gasteiger partial charge in [0.25, 0.3) is 0 Å². The fourth-order valence-electron chi connectivity index (χ4n) is 2.61. The minimum atomic E-state index is 0.560. The maximum absolute atomic E-state index is 5.43. The topological polar surface area (TPSA) is 38.1 Å². The van der Waals surface area contributed by atoms with Crippen molar-refractivity contribution in [3.63, 3.8) is 0 Å². The summed E-state index contributed by atoms with van der Waals surface area (Å²) in [7, 11) is 0. The molecule has 0 saturated carbocycles. The van der Waals surface area contributed by atoms with Crippen molar-refractivity contribution in [3.8, 4) is 0 Å². The third kappa shape index (κ3) is 1.95. The first-order chi connectivity index (χ1) is 8.38. The van der Waals surface area contributed by atoms with E-state index < -0.39 is 0 Å². The molecule has 0 aliphatic carbocycles. The Bertz CT molecular complexity index is 512. The molecule has 0 amide bonds. The lowest BCUT2D eigenvalue weighted by Gasteiger charge is -2.20. The van der Waals surface area contributed by atoms with Crippen LogP contribution in [0.5, 0.6) is 0 Å². The maximum Gasteiger partial charge on any atom is 0.167 e. The maximum atomic E-state index is 5.43. The van der Waals surface area contributed by atoms with Crippen molar-refractivity contribution in [1.82, 2.24) is 10.5 Å². The number of hydrogen-bond acceptors (Lipinski definition) is 3. The molecule has 0 spiro atoms. The lowest BCUT2D eigenvalue weighted by Crippen LogP contribution is -2.26. The predicted octanol–water partition coefficient (Wildman–Crippen LogP) is 2.86. The highest BCUT2D eigenvalue weighted by atomic mass is 16.5. The first-order valence-electron chi connectivity index (χ1n) is 6.47. The van der Waals surface area contributed by atoms with Gasteiger partial charge in [-0.3, -0.25) is 0 Å². The molecule has 1 N–H and O–H groups in total. The number of rotatable bonds is 2. The molecular formula is C14H18N2O. The number of nitrogens with one attached hydrogen (secondary N) is 1. The van der Waals surface area contributed by atoms with Crippen LogP contribution in [0.3, 0.4) is 0 Å². The van der Waals surface area contributed by atoms with E-state index in [1.807, 2.05) is 6.07 Å². The van der Waals surface area contributed by atoms with Crippen LogP contribution in [0.25, 0.3) is 11.0 Å². The summed E-state index contributed by atoms with van der Waals surface area (Å²) in [6.07, 6.45) is 3.39. The van der Waals surface area contributed by atoms with Crippen LogP contribution >= 0.6 is 0 Å². The first kappa shape index (κ1) is 10.8. The summed E-state index contributed by atoms with van der Waals surface area (Å²) in [4.78, 5) is 0. The van der Waals surface area contributed by atoms with Gasteiger partial charge in [-0.25, -0.2) is 0 Å². The van der Waals surface area contributed by atoms with Crippen LogP contribution in [0, 0.1) is 0 Å². The van der Waals surface area contributed by atoms with E-state index in [0.717, 1.165) is 43.6 Å². The molecule has 1 saturated heterocycles. The Kier molecular flexibility index (Phi) is 2.85. The second-order valence-corrected chi connectivity index (χ2v) is 4.78. The van der Waals surface area contributed by atoms with Crippen molar-refractivity contribution in [3.05, 3.63) is 29.5 Å². The van der Waals surface area contributed by atoms with E-state index in [-0.39, 0.29) is 0 Å². The van der Waals surface area contributed by atoms with Gasteiger partial charge in [-0.2, -0.15) is 0 Å². The van der Waals surface area contributed by atoms with Crippen LogP contribution < -0.4 is 5.32 Å². The van der Waals surface area contributed by atoms with Crippen LogP contribution in [-0.2, 0) is 6.42 Å². The summed E-state index contributed by atoms with van der Waals surface area (Å²) < 4.78 is 5.43. The van der Waals surface area contributed by atoms with Gasteiger partial charge in [0.15, 0.2) is 5.58 Å². The van der Waals surface area contributed by atoms with Gasteiger partial charge in [-0.05, 0) is 50.0 Å². The average Bonchev–Trinajstić information content (AvgIpc) is 2.82. The minimum absolute atomic E-state index is 0.560. The summed E-state index contributed by atoms with van der Waals surface area (Å²) in [5.41, 5.74) is 3.45. The van der Waals surface area contributed by atoms with Crippen LogP contribution in [-0.4, -0.2) is 18.2 Å². The first-order valence-corrected chi connectivity index (χ1v) is 6.47. The van der Waals surface area contributed by atoms with Gasteiger partial charge in [0.1, 0.15) is 0 Å². The SMILES string of the molecule is CCc1ccc2onc(C3CCNCC3)c2c1. The molecule has 1 aliphatic heterocycles. The monoisotopic (exact) mass is 230 g/mol. The zero-order chi connectivity index (χ0) is 11.7. The van der Waals surface area contributed by atoms with Crippen molar-refractivity contribution in [1.29, 1.82) is 0 Å². The molecule has 90 valence electrons. The molecule has 1 aliphatic rings. The third-order valence-electron chi connectivity index (χ3n) is 3.70. The second kappa shape index (κ2) is 4.49. The highest BCUT2D eigenvalue weighted by molar-refractivity contribution is 5.80. The van der Waals surface area contributed by atoms with E-state index in [0.29, 0.717) is 5.92 Å². The Morgan fingerprint density at radius 2 is 2.18 bits per heavy atom. The number of piperidine rings is 1. The van der Waals surface area contributed by atoms with Gasteiger partial charge >= 0.3 is 0 Å². The minimum Gasteiger partial charge on any atom is -0.356 e. The molecule has 3 heteroatoms. The normalized spacial score (nSPS) is 17.7. The average molecular weight is 230 g/mol. The lowest BCUT2D eigenvalue weighted by atomic mass is 9.92. The summed E-state index contributed by atoms with van der Waals surface area (Å²) in [5.74, 6) is 0.560. The van der Waals surface area contributed by atoms with Crippen LogP contribution in [0.2, 0.25) is 0 Å². The summed E-state index contributed by atoms with van der Waals surface area (Å²) >= 11 is 0. The van der Waals surface area contributed by atoms with E-state index in [1.54, 1.807) is 0 Å². The molecule has 0 atom stereocenters. The van der Waals surface area contributed by atoms with Crippen molar-refractivity contribution in [2.45, 2.75) is 32.1 Å². The third-order valence-corrected chi connectivity index (χ3v) is 3.70. The Balaban J connectivity index is 2.02. The zero-order valence-corrected chi connectivity index (χ0v) is 10.2. The fourth-order valence-corrected chi connectivity index (χ4v) is 2.61. The second-order valence-electron chi connectivity index (χ2n) is 4.78. The largest absolute Gasteiger partial charge is 0.356 e. The molecule has 0 radical (unpaired) electrons. The molecule has 17 heavy (non-hydrogen) atoms. The lowest BCUT2D eigenvalue weighted by molar-refractivity contribution is 0.404. The van der Waals surface area contributed by atoms with E-state index in [2.05, 4.69) is 29.5 Å². The molecular weight excluding hydrogens is 212 g/mol. The molecule has 1 aromatic heterocycles. The smallest absolute Gasteiger partial charge is 0.167 e. The van der Waals surface area contributed by atoms with Crippen molar-refractivity contribution >= 4 is 11.0 Å². The Morgan fingerprint density at radius 3 is 2.94 bits per heavy atom. The molecule has 0 unspecified atom stereocenters.